The number of carbonyl (C=O) groups is 1. The van der Waals surface area contributed by atoms with Crippen LogP contribution in [0.3, 0.4) is 0 Å². The maximum atomic E-state index is 10.5. The average Bonchev–Trinajstić information content (AvgIpc) is 2.45. The van der Waals surface area contributed by atoms with E-state index >= 15 is 0 Å². The number of hydrogen-bond donors (Lipinski definition) is 1. The van der Waals surface area contributed by atoms with Gasteiger partial charge in [0.1, 0.15) is 0 Å². The number of aromatic nitrogens is 2. The van der Waals surface area contributed by atoms with Crippen LogP contribution in [-0.2, 0) is 4.79 Å². The van der Waals surface area contributed by atoms with Crippen LogP contribution in [0.25, 0.3) is 11.0 Å². The second-order valence-electron chi connectivity index (χ2n) is 5.23. The van der Waals surface area contributed by atoms with Crippen LogP contribution in [0.2, 0.25) is 0 Å². The molecule has 1 amide bonds. The Morgan fingerprint density at radius 3 is 2.58 bits per heavy atom. The van der Waals surface area contributed by atoms with Crippen LogP contribution in [0.4, 0.5) is 0 Å². The summed E-state index contributed by atoms with van der Waals surface area (Å²) in [6.07, 6.45) is 6.50. The number of amides is 1. The van der Waals surface area contributed by atoms with Gasteiger partial charge in [-0.05, 0) is 42.0 Å². The molecule has 98 valence electrons. The zero-order valence-corrected chi connectivity index (χ0v) is 11.0. The van der Waals surface area contributed by atoms with Gasteiger partial charge in [-0.1, -0.05) is 6.92 Å². The molecule has 1 heterocycles. The summed E-state index contributed by atoms with van der Waals surface area (Å²) in [5, 5.41) is 2.81. The lowest BCUT2D eigenvalue weighted by atomic mass is 9.77. The highest BCUT2D eigenvalue weighted by Gasteiger charge is 2.25. The Morgan fingerprint density at radius 1 is 1.21 bits per heavy atom. The molecule has 1 aliphatic carbocycles. The molecule has 2 aromatic rings. The lowest BCUT2D eigenvalue weighted by Gasteiger charge is -2.29. The van der Waals surface area contributed by atoms with Gasteiger partial charge in [0, 0.05) is 24.9 Å². The Labute approximate surface area is 112 Å². The van der Waals surface area contributed by atoms with Crippen molar-refractivity contribution in [1.82, 2.24) is 15.3 Å². The van der Waals surface area contributed by atoms with Crippen molar-refractivity contribution in [2.45, 2.75) is 31.6 Å². The lowest BCUT2D eigenvalue weighted by molar-refractivity contribution is -0.109. The first-order chi connectivity index (χ1) is 9.29. The van der Waals surface area contributed by atoms with Gasteiger partial charge in [-0.2, -0.15) is 0 Å². The molecule has 0 bridgehead atoms. The molecule has 4 nitrogen and oxygen atoms in total. The quantitative estimate of drug-likeness (QED) is 0.857. The first-order valence-electron chi connectivity index (χ1n) is 6.71. The Morgan fingerprint density at radius 2 is 1.89 bits per heavy atom. The topological polar surface area (TPSA) is 54.9 Å². The summed E-state index contributed by atoms with van der Waals surface area (Å²) < 4.78 is 0. The van der Waals surface area contributed by atoms with Crippen LogP contribution in [0, 0.1) is 0 Å². The molecular formula is C15H17N3O. The third kappa shape index (κ3) is 2.18. The fraction of sp³-hybridized carbons (Fsp3) is 0.400. The fourth-order valence-electron chi connectivity index (χ4n) is 2.99. The molecule has 0 aliphatic heterocycles. The van der Waals surface area contributed by atoms with Crippen molar-refractivity contribution >= 4 is 17.4 Å². The third-order valence-electron chi connectivity index (χ3n) is 4.04. The summed E-state index contributed by atoms with van der Waals surface area (Å²) in [5.41, 5.74) is 4.57. The summed E-state index contributed by atoms with van der Waals surface area (Å²) in [6.45, 7) is 2.96. The van der Waals surface area contributed by atoms with Crippen molar-refractivity contribution in [2.75, 3.05) is 6.54 Å². The molecule has 0 saturated heterocycles. The molecule has 2 unspecified atom stereocenters. The molecule has 2 atom stereocenters. The number of fused-ring (bicyclic) bond motifs is 2. The Bertz CT molecular complexity index is 611. The minimum absolute atomic E-state index is 0.391. The monoisotopic (exact) mass is 255 g/mol. The zero-order chi connectivity index (χ0) is 13.2. The van der Waals surface area contributed by atoms with Crippen LogP contribution in [0.1, 0.15) is 42.7 Å². The minimum Gasteiger partial charge on any atom is -0.358 e. The molecule has 1 aromatic carbocycles. The lowest BCUT2D eigenvalue weighted by Crippen LogP contribution is -2.24. The van der Waals surface area contributed by atoms with Crippen molar-refractivity contribution < 1.29 is 4.79 Å². The van der Waals surface area contributed by atoms with Gasteiger partial charge in [0.2, 0.25) is 6.41 Å². The first kappa shape index (κ1) is 12.1. The largest absolute Gasteiger partial charge is 0.358 e. The second-order valence-corrected chi connectivity index (χ2v) is 5.23. The molecular weight excluding hydrogens is 238 g/mol. The van der Waals surface area contributed by atoms with Crippen LogP contribution < -0.4 is 5.32 Å². The summed E-state index contributed by atoms with van der Waals surface area (Å²) in [4.78, 5) is 19.3. The number of carbonyl (C=O) groups excluding carboxylic acids is 1. The van der Waals surface area contributed by atoms with E-state index in [4.69, 9.17) is 0 Å². The van der Waals surface area contributed by atoms with E-state index in [1.54, 1.807) is 12.4 Å². The molecule has 1 N–H and O–H groups in total. The average molecular weight is 255 g/mol. The number of nitrogens with zero attached hydrogens (tertiary/aromatic N) is 2. The maximum Gasteiger partial charge on any atom is 0.207 e. The van der Waals surface area contributed by atoms with Gasteiger partial charge < -0.3 is 5.32 Å². The Balaban J connectivity index is 2.09. The number of hydrogen-bond acceptors (Lipinski definition) is 3. The maximum absolute atomic E-state index is 10.5. The van der Waals surface area contributed by atoms with Crippen LogP contribution in [0.5, 0.6) is 0 Å². The van der Waals surface area contributed by atoms with Gasteiger partial charge in [0.15, 0.2) is 0 Å². The SMILES string of the molecule is CC1CCC(CNC=O)c2cc3nccnc3cc21. The summed E-state index contributed by atoms with van der Waals surface area (Å²) in [5.74, 6) is 0.941. The normalized spacial score (nSPS) is 21.9. The highest BCUT2D eigenvalue weighted by molar-refractivity contribution is 5.76. The van der Waals surface area contributed by atoms with E-state index in [0.29, 0.717) is 18.4 Å². The molecule has 0 saturated carbocycles. The number of benzene rings is 1. The molecule has 1 aromatic heterocycles. The number of nitrogens with one attached hydrogen (secondary N) is 1. The molecule has 19 heavy (non-hydrogen) atoms. The van der Waals surface area contributed by atoms with Crippen molar-refractivity contribution in [3.63, 3.8) is 0 Å². The van der Waals surface area contributed by atoms with Crippen molar-refractivity contribution in [1.29, 1.82) is 0 Å². The summed E-state index contributed by atoms with van der Waals surface area (Å²) >= 11 is 0. The fourth-order valence-corrected chi connectivity index (χ4v) is 2.99. The van der Waals surface area contributed by atoms with Gasteiger partial charge in [0.25, 0.3) is 0 Å². The van der Waals surface area contributed by atoms with E-state index in [1.165, 1.54) is 11.1 Å². The number of rotatable bonds is 3. The molecule has 0 radical (unpaired) electrons. The first-order valence-corrected chi connectivity index (χ1v) is 6.71. The summed E-state index contributed by atoms with van der Waals surface area (Å²) in [6, 6.07) is 4.31. The summed E-state index contributed by atoms with van der Waals surface area (Å²) in [7, 11) is 0. The predicted octanol–water partition coefficient (Wildman–Crippen LogP) is 2.36. The van der Waals surface area contributed by atoms with E-state index in [0.717, 1.165) is 30.3 Å². The van der Waals surface area contributed by atoms with Gasteiger partial charge in [-0.25, -0.2) is 0 Å². The highest BCUT2D eigenvalue weighted by atomic mass is 16.1. The van der Waals surface area contributed by atoms with Crippen molar-refractivity contribution in [3.05, 3.63) is 35.7 Å². The highest BCUT2D eigenvalue weighted by Crippen LogP contribution is 2.39. The van der Waals surface area contributed by atoms with E-state index < -0.39 is 0 Å². The second kappa shape index (κ2) is 4.96. The van der Waals surface area contributed by atoms with E-state index in [9.17, 15) is 4.79 Å². The minimum atomic E-state index is 0.391. The smallest absolute Gasteiger partial charge is 0.207 e. The van der Waals surface area contributed by atoms with E-state index in [1.807, 2.05) is 0 Å². The predicted molar refractivity (Wildman–Crippen MR) is 74.0 cm³/mol. The molecule has 0 fully saturated rings. The van der Waals surface area contributed by atoms with Gasteiger partial charge >= 0.3 is 0 Å². The van der Waals surface area contributed by atoms with E-state index in [-0.39, 0.29) is 0 Å². The zero-order valence-electron chi connectivity index (χ0n) is 11.0. The van der Waals surface area contributed by atoms with Crippen LogP contribution in [0.15, 0.2) is 24.5 Å². The van der Waals surface area contributed by atoms with Gasteiger partial charge in [-0.3, -0.25) is 14.8 Å². The van der Waals surface area contributed by atoms with Crippen LogP contribution in [-0.4, -0.2) is 22.9 Å². The van der Waals surface area contributed by atoms with Crippen molar-refractivity contribution in [3.8, 4) is 0 Å². The third-order valence-corrected chi connectivity index (χ3v) is 4.04. The van der Waals surface area contributed by atoms with Crippen molar-refractivity contribution in [2.24, 2.45) is 0 Å². The molecule has 0 spiro atoms. The van der Waals surface area contributed by atoms with Crippen LogP contribution >= 0.6 is 0 Å². The van der Waals surface area contributed by atoms with Gasteiger partial charge in [-0.15, -0.1) is 0 Å². The molecule has 4 heteroatoms. The Hall–Kier alpha value is -1.97. The molecule has 1 aliphatic rings. The standard InChI is InChI=1S/C15H17N3O/c1-10-2-3-11(8-16-9-19)13-7-15-14(6-12(10)13)17-4-5-18-15/h4-7,9-11H,2-3,8H2,1H3,(H,16,19). The molecule has 3 rings (SSSR count). The van der Waals surface area contributed by atoms with Gasteiger partial charge in [0.05, 0.1) is 11.0 Å². The Kier molecular flexibility index (Phi) is 3.15. The van der Waals surface area contributed by atoms with E-state index in [2.05, 4.69) is 34.3 Å².